The minimum absolute atomic E-state index is 0.0352. The topological polar surface area (TPSA) is 60.2 Å². The summed E-state index contributed by atoms with van der Waals surface area (Å²) in [5.41, 5.74) is 0.600. The van der Waals surface area contributed by atoms with E-state index in [2.05, 4.69) is 28.6 Å². The minimum Gasteiger partial charge on any atom is -0.298 e. The van der Waals surface area contributed by atoms with Crippen LogP contribution in [0.1, 0.15) is 17.3 Å². The van der Waals surface area contributed by atoms with E-state index >= 15 is 0 Å². The molecular formula is C9H8BrNO3S. The number of hydrogen-bond donors (Lipinski definition) is 1. The van der Waals surface area contributed by atoms with E-state index < -0.39 is 9.75 Å². The standard InChI is InChI=1S/C9H8BrNO3S/c1-5(12)9(10)7-3-2-6(11(13)14)4-8(7)15/h2-4,9,15H,1H3. The largest absolute Gasteiger partial charge is 0.298 e. The number of nitro benzene ring substituents is 1. The van der Waals surface area contributed by atoms with E-state index in [4.69, 9.17) is 0 Å². The average molecular weight is 290 g/mol. The van der Waals surface area contributed by atoms with E-state index in [0.29, 0.717) is 10.5 Å². The van der Waals surface area contributed by atoms with Crippen molar-refractivity contribution in [2.45, 2.75) is 16.6 Å². The molecule has 6 heteroatoms. The lowest BCUT2D eigenvalue weighted by molar-refractivity contribution is -0.385. The lowest BCUT2D eigenvalue weighted by atomic mass is 10.1. The summed E-state index contributed by atoms with van der Waals surface area (Å²) in [6.45, 7) is 1.44. The molecule has 15 heavy (non-hydrogen) atoms. The van der Waals surface area contributed by atoms with E-state index in [9.17, 15) is 14.9 Å². The van der Waals surface area contributed by atoms with Crippen LogP contribution in [-0.2, 0) is 4.79 Å². The van der Waals surface area contributed by atoms with Gasteiger partial charge >= 0.3 is 0 Å². The summed E-state index contributed by atoms with van der Waals surface area (Å²) in [6, 6.07) is 4.21. The van der Waals surface area contributed by atoms with Gasteiger partial charge in [-0.3, -0.25) is 14.9 Å². The molecule has 0 aromatic heterocycles. The number of nitrogens with zero attached hydrogens (tertiary/aromatic N) is 1. The number of alkyl halides is 1. The van der Waals surface area contributed by atoms with Crippen LogP contribution in [0.15, 0.2) is 23.1 Å². The Bertz CT molecular complexity index is 422. The fourth-order valence-corrected chi connectivity index (χ4v) is 1.99. The van der Waals surface area contributed by atoms with Gasteiger partial charge in [0.15, 0.2) is 0 Å². The highest BCUT2D eigenvalue weighted by Gasteiger charge is 2.17. The molecule has 0 aliphatic heterocycles. The molecular weight excluding hydrogens is 282 g/mol. The number of carbonyl (C=O) groups excluding carboxylic acids is 1. The van der Waals surface area contributed by atoms with Gasteiger partial charge in [0.1, 0.15) is 5.78 Å². The first-order chi connectivity index (χ1) is 6.93. The number of non-ortho nitro benzene ring substituents is 1. The van der Waals surface area contributed by atoms with E-state index in [1.54, 1.807) is 0 Å². The maximum Gasteiger partial charge on any atom is 0.270 e. The van der Waals surface area contributed by atoms with E-state index in [1.807, 2.05) is 0 Å². The van der Waals surface area contributed by atoms with Gasteiger partial charge in [0.2, 0.25) is 0 Å². The van der Waals surface area contributed by atoms with Crippen LogP contribution >= 0.6 is 28.6 Å². The molecule has 0 heterocycles. The number of thiol groups is 1. The molecule has 1 atom stereocenters. The molecule has 0 amide bonds. The molecule has 0 saturated heterocycles. The fraction of sp³-hybridized carbons (Fsp3) is 0.222. The zero-order chi connectivity index (χ0) is 11.6. The third-order valence-corrected chi connectivity index (χ3v) is 3.38. The van der Waals surface area contributed by atoms with Gasteiger partial charge in [0, 0.05) is 17.0 Å². The van der Waals surface area contributed by atoms with Crippen molar-refractivity contribution in [2.75, 3.05) is 0 Å². The summed E-state index contributed by atoms with van der Waals surface area (Å²) in [6.07, 6.45) is 0. The van der Waals surface area contributed by atoms with Crippen molar-refractivity contribution in [2.24, 2.45) is 0 Å². The predicted molar refractivity (Wildman–Crippen MR) is 62.7 cm³/mol. The second-order valence-electron chi connectivity index (χ2n) is 2.97. The van der Waals surface area contributed by atoms with Crippen LogP contribution in [0, 0.1) is 10.1 Å². The summed E-state index contributed by atoms with van der Waals surface area (Å²) >= 11 is 7.30. The number of ketones is 1. The first-order valence-electron chi connectivity index (χ1n) is 4.05. The van der Waals surface area contributed by atoms with Crippen LogP contribution in [-0.4, -0.2) is 10.7 Å². The monoisotopic (exact) mass is 289 g/mol. The lowest BCUT2D eigenvalue weighted by Gasteiger charge is -2.08. The molecule has 0 bridgehead atoms. The van der Waals surface area contributed by atoms with Crippen LogP contribution < -0.4 is 0 Å². The van der Waals surface area contributed by atoms with Crippen LogP contribution in [0.3, 0.4) is 0 Å². The molecule has 0 aliphatic carbocycles. The number of carbonyl (C=O) groups is 1. The van der Waals surface area contributed by atoms with Gasteiger partial charge in [0.25, 0.3) is 5.69 Å². The summed E-state index contributed by atoms with van der Waals surface area (Å²) in [5.74, 6) is -0.0702. The Morgan fingerprint density at radius 2 is 2.20 bits per heavy atom. The van der Waals surface area contributed by atoms with Gasteiger partial charge in [-0.2, -0.15) is 0 Å². The van der Waals surface area contributed by atoms with Crippen LogP contribution in [0.25, 0.3) is 0 Å². The predicted octanol–water partition coefficient (Wildman–Crippen LogP) is 2.91. The summed E-state index contributed by atoms with van der Waals surface area (Å²) in [7, 11) is 0. The zero-order valence-corrected chi connectivity index (χ0v) is 10.3. The Balaban J connectivity index is 3.13. The quantitative estimate of drug-likeness (QED) is 0.403. The molecule has 0 spiro atoms. The Morgan fingerprint density at radius 3 is 2.60 bits per heavy atom. The lowest BCUT2D eigenvalue weighted by Crippen LogP contribution is -2.02. The Labute approximate surface area is 100 Å². The van der Waals surface area contributed by atoms with Crippen molar-refractivity contribution in [3.63, 3.8) is 0 Å². The van der Waals surface area contributed by atoms with Crippen molar-refractivity contribution < 1.29 is 9.72 Å². The molecule has 1 aromatic rings. The number of Topliss-reactive ketones (excluding diaryl/α,β-unsaturated/α-hetero) is 1. The van der Waals surface area contributed by atoms with Crippen LogP contribution in [0.2, 0.25) is 0 Å². The van der Waals surface area contributed by atoms with Crippen LogP contribution in [0.4, 0.5) is 5.69 Å². The second kappa shape index (κ2) is 4.76. The van der Waals surface area contributed by atoms with Crippen molar-refractivity contribution >= 4 is 40.0 Å². The van der Waals surface area contributed by atoms with E-state index in [0.717, 1.165) is 0 Å². The van der Waals surface area contributed by atoms with E-state index in [1.165, 1.54) is 25.1 Å². The third-order valence-electron chi connectivity index (χ3n) is 1.85. The Morgan fingerprint density at radius 1 is 1.60 bits per heavy atom. The fourth-order valence-electron chi connectivity index (χ4n) is 1.08. The number of halogens is 1. The van der Waals surface area contributed by atoms with Crippen molar-refractivity contribution in [3.05, 3.63) is 33.9 Å². The van der Waals surface area contributed by atoms with E-state index in [-0.39, 0.29) is 11.5 Å². The normalized spacial score (nSPS) is 12.2. The van der Waals surface area contributed by atoms with Gasteiger partial charge in [-0.1, -0.05) is 15.9 Å². The van der Waals surface area contributed by atoms with Gasteiger partial charge < -0.3 is 0 Å². The Kier molecular flexibility index (Phi) is 3.87. The summed E-state index contributed by atoms with van der Waals surface area (Å²) in [5, 5.41) is 10.5. The maximum absolute atomic E-state index is 11.1. The van der Waals surface area contributed by atoms with Gasteiger partial charge in [-0.05, 0) is 18.6 Å². The highest BCUT2D eigenvalue weighted by molar-refractivity contribution is 9.09. The zero-order valence-electron chi connectivity index (χ0n) is 7.81. The van der Waals surface area contributed by atoms with Crippen molar-refractivity contribution in [1.29, 1.82) is 0 Å². The maximum atomic E-state index is 11.1. The highest BCUT2D eigenvalue weighted by Crippen LogP contribution is 2.31. The number of hydrogen-bond acceptors (Lipinski definition) is 4. The molecule has 1 rings (SSSR count). The SMILES string of the molecule is CC(=O)C(Br)c1ccc([N+](=O)[O-])cc1S. The van der Waals surface area contributed by atoms with Gasteiger partial charge in [0.05, 0.1) is 9.75 Å². The first kappa shape index (κ1) is 12.2. The highest BCUT2D eigenvalue weighted by atomic mass is 79.9. The second-order valence-corrected chi connectivity index (χ2v) is 4.37. The molecule has 1 aromatic carbocycles. The molecule has 0 fully saturated rings. The van der Waals surface area contributed by atoms with Crippen LogP contribution in [0.5, 0.6) is 0 Å². The minimum atomic E-state index is -0.499. The Hall–Kier alpha value is -0.880. The van der Waals surface area contributed by atoms with Gasteiger partial charge in [-0.15, -0.1) is 12.6 Å². The molecule has 80 valence electrons. The van der Waals surface area contributed by atoms with Crippen molar-refractivity contribution in [1.82, 2.24) is 0 Å². The summed E-state index contributed by atoms with van der Waals surface area (Å²) < 4.78 is 0. The number of nitro groups is 1. The molecule has 0 N–H and O–H groups in total. The number of benzene rings is 1. The smallest absolute Gasteiger partial charge is 0.270 e. The molecule has 1 unspecified atom stereocenters. The third kappa shape index (κ3) is 2.79. The molecule has 0 radical (unpaired) electrons. The molecule has 4 nitrogen and oxygen atoms in total. The first-order valence-corrected chi connectivity index (χ1v) is 5.41. The molecule has 0 aliphatic rings. The average Bonchev–Trinajstić information content (AvgIpc) is 2.16. The van der Waals surface area contributed by atoms with Crippen molar-refractivity contribution in [3.8, 4) is 0 Å². The number of rotatable bonds is 3. The summed E-state index contributed by atoms with van der Waals surface area (Å²) in [4.78, 5) is 21.0. The molecule has 0 saturated carbocycles. The van der Waals surface area contributed by atoms with Gasteiger partial charge in [-0.25, -0.2) is 0 Å².